The Balaban J connectivity index is 0.000000318. The van der Waals surface area contributed by atoms with Gasteiger partial charge in [-0.2, -0.15) is 0 Å². The topological polar surface area (TPSA) is 310 Å². The van der Waals surface area contributed by atoms with Crippen LogP contribution in [0.4, 0.5) is 4.79 Å². The minimum Gasteiger partial charge on any atom is -0.445 e. The number of benzene rings is 4. The third-order valence-corrected chi connectivity index (χ3v) is 15.7. The van der Waals surface area contributed by atoms with E-state index in [1.54, 1.807) is 4.90 Å². The smallest absolute Gasteiger partial charge is 0.410 e. The zero-order valence-corrected chi connectivity index (χ0v) is 47.6. The first-order chi connectivity index (χ1) is 40.1. The monoisotopic (exact) mass is 1170 g/mol. The Morgan fingerprint density at radius 3 is 1.51 bits per heavy atom. The third kappa shape index (κ3) is 18.5. The van der Waals surface area contributed by atoms with Gasteiger partial charge in [0.2, 0.25) is 0 Å². The van der Waals surface area contributed by atoms with Crippen LogP contribution in [0.1, 0.15) is 49.9 Å². The molecule has 0 saturated carbocycles. The van der Waals surface area contributed by atoms with Gasteiger partial charge in [-0.15, -0.1) is 0 Å². The molecule has 460 valence electrons. The molecule has 0 spiro atoms. The quantitative estimate of drug-likeness (QED) is 0.0461. The number of hydrogen-bond acceptors (Lipinski definition) is 21. The van der Waals surface area contributed by atoms with Gasteiger partial charge in [0.05, 0.1) is 65.1 Å². The highest BCUT2D eigenvalue weighted by molar-refractivity contribution is 5.67. The fraction of sp³-hybridized carbons (Fsp3) is 0.590. The summed E-state index contributed by atoms with van der Waals surface area (Å²) < 4.78 is 65.7. The van der Waals surface area contributed by atoms with Gasteiger partial charge in [0.25, 0.3) is 0 Å². The van der Waals surface area contributed by atoms with Crippen molar-refractivity contribution in [3.63, 3.8) is 0 Å². The van der Waals surface area contributed by atoms with Crippen molar-refractivity contribution >= 4 is 6.09 Å². The maximum absolute atomic E-state index is 13.4. The van der Waals surface area contributed by atoms with E-state index in [1.807, 2.05) is 128 Å². The molecule has 8 unspecified atom stereocenters. The molecular weight excluding hydrogens is 1080 g/mol. The van der Waals surface area contributed by atoms with E-state index in [4.69, 9.17) is 57.8 Å². The SMILES string of the molecule is CC1[C@@H](O[C@H]2C(COCc3ccccc3)O[C@H](OCCN(Cc3ccccc3)C(=O)OCc3ccccc3)C(C)[C@H]2C)OC(COCc2ccccc2)[C@@H](O)[C@@H]1C.NCCO[C@H]1OC(CO)[C@H](O[C@H]2OC(CO)[C@@H](O)[C@H](O)C2O)[C@H](O)C1O. The Hall–Kier alpha value is -4.61. The van der Waals surface area contributed by atoms with Crippen molar-refractivity contribution in [2.24, 2.45) is 29.4 Å². The van der Waals surface area contributed by atoms with Gasteiger partial charge < -0.3 is 104 Å². The normalized spacial score (nSPS) is 33.6. The molecule has 0 radical (unpaired) electrons. The number of nitrogens with two attached hydrogens (primary N) is 1. The van der Waals surface area contributed by atoms with Gasteiger partial charge in [-0.3, -0.25) is 0 Å². The fourth-order valence-electron chi connectivity index (χ4n) is 10.3. The molecule has 0 bridgehead atoms. The second-order valence-corrected chi connectivity index (χ2v) is 21.6. The van der Waals surface area contributed by atoms with Crippen molar-refractivity contribution in [2.45, 2.75) is 152 Å². The van der Waals surface area contributed by atoms with Crippen LogP contribution in [0.25, 0.3) is 0 Å². The summed E-state index contributed by atoms with van der Waals surface area (Å²) in [7, 11) is 0. The van der Waals surface area contributed by atoms with Crippen molar-refractivity contribution in [2.75, 3.05) is 52.7 Å². The van der Waals surface area contributed by atoms with Crippen LogP contribution in [0.2, 0.25) is 0 Å². The lowest BCUT2D eigenvalue weighted by molar-refractivity contribution is -0.359. The number of rotatable bonds is 25. The van der Waals surface area contributed by atoms with E-state index in [0.717, 1.165) is 22.3 Å². The van der Waals surface area contributed by atoms with Crippen molar-refractivity contribution in [3.8, 4) is 0 Å². The Bertz CT molecular complexity index is 2420. The number of amides is 1. The lowest BCUT2D eigenvalue weighted by Gasteiger charge is -2.48. The molecule has 22 heteroatoms. The molecule has 4 aliphatic rings. The molecule has 4 aromatic rings. The summed E-state index contributed by atoms with van der Waals surface area (Å²) >= 11 is 0. The Kier molecular flexibility index (Phi) is 26.5. The van der Waals surface area contributed by atoms with Crippen LogP contribution in [0.5, 0.6) is 0 Å². The maximum atomic E-state index is 13.4. The molecule has 0 aliphatic carbocycles. The van der Waals surface area contributed by atoms with Gasteiger partial charge in [0, 0.05) is 31.5 Å². The van der Waals surface area contributed by atoms with Crippen LogP contribution >= 0.6 is 0 Å². The Labute approximate surface area is 485 Å². The molecule has 22 nitrogen and oxygen atoms in total. The lowest BCUT2D eigenvalue weighted by atomic mass is 9.83. The molecule has 1 amide bonds. The first-order valence-corrected chi connectivity index (χ1v) is 28.5. The first kappa shape index (κ1) is 65.9. The van der Waals surface area contributed by atoms with E-state index < -0.39 is 112 Å². The number of aliphatic hydroxyl groups is 8. The zero-order valence-electron chi connectivity index (χ0n) is 47.6. The van der Waals surface area contributed by atoms with E-state index in [1.165, 1.54) is 0 Å². The standard InChI is InChI=1S/C47H59NO9.C14H27NO11/c1-33-35(3)46(55-41(43(33)49)31-51-28-38-19-11-6-12-20-38)57-44-34(2)36(4)45(56-42(44)32-52-29-39-21-13-7-14-22-39)53-26-25-48(27-37-17-9-5-10-18-37)47(50)54-30-40-23-15-8-16-24-40;15-1-2-23-13-11(22)9(20)12(6(4-17)25-13)26-14-10(21)8(19)7(18)5(3-16)24-14/h5-24,33-36,41-46,49H,25-32H2,1-4H3;5-14,16-22H,1-4,15H2/t33-,34-,35?,36?,41?,42?,43+,44-,45+,46-;5?,6?,7-,8+,9-,10?,11?,12+,13+,14-/m11/s1. The largest absolute Gasteiger partial charge is 0.445 e. The minimum atomic E-state index is -1.71. The average Bonchev–Trinajstić information content (AvgIpc) is 3.52. The van der Waals surface area contributed by atoms with Crippen LogP contribution in [-0.4, -0.2) is 203 Å². The second-order valence-electron chi connectivity index (χ2n) is 21.6. The molecule has 4 aliphatic heterocycles. The molecular formula is C61H86N2O20. The number of aliphatic hydroxyl groups excluding tert-OH is 8. The van der Waals surface area contributed by atoms with Crippen molar-refractivity contribution < 1.29 is 97.8 Å². The highest BCUT2D eigenvalue weighted by atomic mass is 16.7. The van der Waals surface area contributed by atoms with Gasteiger partial charge in [0.15, 0.2) is 25.2 Å². The maximum Gasteiger partial charge on any atom is 0.410 e. The first-order valence-electron chi connectivity index (χ1n) is 28.5. The molecule has 0 aromatic heterocycles. The van der Waals surface area contributed by atoms with E-state index in [0.29, 0.717) is 26.3 Å². The number of hydrogen-bond donors (Lipinski definition) is 9. The molecule has 8 rings (SSSR count). The van der Waals surface area contributed by atoms with E-state index >= 15 is 0 Å². The summed E-state index contributed by atoms with van der Waals surface area (Å²) in [5.74, 6) is -0.269. The molecule has 10 N–H and O–H groups in total. The second kappa shape index (κ2) is 33.3. The fourth-order valence-corrected chi connectivity index (χ4v) is 10.3. The number of carbonyl (C=O) groups is 1. The highest BCUT2D eigenvalue weighted by Crippen LogP contribution is 2.39. The summed E-state index contributed by atoms with van der Waals surface area (Å²) in [6.45, 7) is 9.71. The highest BCUT2D eigenvalue weighted by Gasteiger charge is 2.51. The molecule has 83 heavy (non-hydrogen) atoms. The molecule has 20 atom stereocenters. The average molecular weight is 1170 g/mol. The van der Waals surface area contributed by atoms with E-state index in [2.05, 4.69) is 20.8 Å². The minimum absolute atomic E-state index is 0.0175. The zero-order chi connectivity index (χ0) is 59.4. The van der Waals surface area contributed by atoms with Crippen LogP contribution in [0.3, 0.4) is 0 Å². The van der Waals surface area contributed by atoms with Crippen LogP contribution < -0.4 is 5.73 Å². The summed E-state index contributed by atoms with van der Waals surface area (Å²) in [5.41, 5.74) is 9.33. The number of ether oxygens (including phenoxy) is 11. The summed E-state index contributed by atoms with van der Waals surface area (Å²) in [6, 6.07) is 39.5. The predicted octanol–water partition coefficient (Wildman–Crippen LogP) is 2.60. The summed E-state index contributed by atoms with van der Waals surface area (Å²) in [6.07, 6.45) is -18.3. The van der Waals surface area contributed by atoms with Gasteiger partial charge in [-0.05, 0) is 34.1 Å². The lowest BCUT2D eigenvalue weighted by Crippen LogP contribution is -2.64. The van der Waals surface area contributed by atoms with Crippen LogP contribution in [-0.2, 0) is 78.5 Å². The molecule has 4 heterocycles. The van der Waals surface area contributed by atoms with Crippen molar-refractivity contribution in [1.29, 1.82) is 0 Å². The number of nitrogens with zero attached hydrogens (tertiary/aromatic N) is 1. The van der Waals surface area contributed by atoms with Crippen molar-refractivity contribution in [3.05, 3.63) is 144 Å². The molecule has 4 aromatic carbocycles. The number of carbonyl (C=O) groups excluding carboxylic acids is 1. The predicted molar refractivity (Wildman–Crippen MR) is 298 cm³/mol. The van der Waals surface area contributed by atoms with Gasteiger partial charge in [-0.1, -0.05) is 149 Å². The van der Waals surface area contributed by atoms with Crippen LogP contribution in [0, 0.1) is 23.7 Å². The summed E-state index contributed by atoms with van der Waals surface area (Å²) in [4.78, 5) is 15.1. The Morgan fingerprint density at radius 2 is 0.940 bits per heavy atom. The van der Waals surface area contributed by atoms with Gasteiger partial charge in [0.1, 0.15) is 67.6 Å². The van der Waals surface area contributed by atoms with Crippen molar-refractivity contribution in [1.82, 2.24) is 4.90 Å². The third-order valence-electron chi connectivity index (χ3n) is 15.7. The summed E-state index contributed by atoms with van der Waals surface area (Å²) in [5, 5.41) is 79.8. The molecule has 4 saturated heterocycles. The van der Waals surface area contributed by atoms with Gasteiger partial charge >= 0.3 is 6.09 Å². The Morgan fingerprint density at radius 1 is 0.470 bits per heavy atom. The molecule has 4 fully saturated rings. The van der Waals surface area contributed by atoms with Gasteiger partial charge in [-0.25, -0.2) is 4.79 Å². The van der Waals surface area contributed by atoms with E-state index in [-0.39, 0.29) is 69.4 Å². The van der Waals surface area contributed by atoms with Crippen LogP contribution in [0.15, 0.2) is 121 Å². The van der Waals surface area contributed by atoms with E-state index in [9.17, 15) is 45.6 Å².